The van der Waals surface area contributed by atoms with Crippen LogP contribution >= 0.6 is 0 Å². The SMILES string of the molecule is CCCCc1cccc(/C(=C/C(N)=NC(=O)[C@H]2CNC(=O)C2)Nc2ccccc2)c1. The Morgan fingerprint density at radius 3 is 2.73 bits per heavy atom. The molecule has 3 rings (SSSR count). The standard InChI is InChI=1S/C24H28N4O2/c1-2-3-8-17-9-7-10-18(13-17)21(27-20-11-5-4-6-12-20)15-22(25)28-24(30)19-14-23(29)26-16-19/h4-7,9-13,15,19,27H,2-3,8,14,16H2,1H3,(H,26,29)(H2,25,28,30)/b21-15-/t19-/m1/s1. The summed E-state index contributed by atoms with van der Waals surface area (Å²) in [6.45, 7) is 2.49. The quantitative estimate of drug-likeness (QED) is 0.463. The average Bonchev–Trinajstić information content (AvgIpc) is 3.19. The molecule has 0 aromatic heterocycles. The summed E-state index contributed by atoms with van der Waals surface area (Å²) in [7, 11) is 0. The van der Waals surface area contributed by atoms with Crippen molar-refractivity contribution in [2.75, 3.05) is 11.9 Å². The number of rotatable bonds is 8. The van der Waals surface area contributed by atoms with Crippen LogP contribution in [-0.2, 0) is 16.0 Å². The number of nitrogens with one attached hydrogen (secondary N) is 2. The topological polar surface area (TPSA) is 96.6 Å². The molecule has 1 atom stereocenters. The van der Waals surface area contributed by atoms with Crippen LogP contribution in [0.15, 0.2) is 65.7 Å². The van der Waals surface area contributed by atoms with E-state index in [1.165, 1.54) is 5.56 Å². The van der Waals surface area contributed by atoms with Gasteiger partial charge in [-0.3, -0.25) is 9.59 Å². The van der Waals surface area contributed by atoms with E-state index < -0.39 is 5.92 Å². The lowest BCUT2D eigenvalue weighted by atomic mass is 10.0. The van der Waals surface area contributed by atoms with Crippen LogP contribution in [0.1, 0.15) is 37.3 Å². The number of aliphatic imine (C=N–C) groups is 1. The number of carbonyl (C=O) groups is 2. The van der Waals surface area contributed by atoms with Crippen molar-refractivity contribution in [3.05, 3.63) is 71.8 Å². The Balaban J connectivity index is 1.87. The summed E-state index contributed by atoms with van der Waals surface area (Å²) in [5.74, 6) is -0.852. The first-order valence-electron chi connectivity index (χ1n) is 10.3. The molecule has 1 aliphatic rings. The lowest BCUT2D eigenvalue weighted by Crippen LogP contribution is -2.20. The van der Waals surface area contributed by atoms with Gasteiger partial charge in [0.05, 0.1) is 5.92 Å². The number of amides is 2. The van der Waals surface area contributed by atoms with E-state index in [2.05, 4.69) is 34.7 Å². The van der Waals surface area contributed by atoms with E-state index in [1.54, 1.807) is 6.08 Å². The lowest BCUT2D eigenvalue weighted by molar-refractivity contribution is -0.124. The minimum atomic E-state index is -0.452. The van der Waals surface area contributed by atoms with Gasteiger partial charge in [0, 0.05) is 30.4 Å². The van der Waals surface area contributed by atoms with E-state index in [-0.39, 0.29) is 24.1 Å². The smallest absolute Gasteiger partial charge is 0.253 e. The largest absolute Gasteiger partial charge is 0.384 e. The van der Waals surface area contributed by atoms with Gasteiger partial charge in [-0.15, -0.1) is 0 Å². The van der Waals surface area contributed by atoms with Gasteiger partial charge in [-0.2, -0.15) is 4.99 Å². The first-order valence-corrected chi connectivity index (χ1v) is 10.3. The number of anilines is 1. The minimum absolute atomic E-state index is 0.108. The second kappa shape index (κ2) is 10.4. The second-order valence-electron chi connectivity index (χ2n) is 7.43. The van der Waals surface area contributed by atoms with Crippen LogP contribution in [0.4, 0.5) is 5.69 Å². The first-order chi connectivity index (χ1) is 14.5. The fourth-order valence-electron chi connectivity index (χ4n) is 3.32. The van der Waals surface area contributed by atoms with Crippen molar-refractivity contribution in [1.82, 2.24) is 5.32 Å². The normalized spacial score (nSPS) is 17.0. The zero-order valence-corrected chi connectivity index (χ0v) is 17.2. The highest BCUT2D eigenvalue weighted by Gasteiger charge is 2.27. The fourth-order valence-corrected chi connectivity index (χ4v) is 3.32. The molecule has 0 spiro atoms. The third kappa shape index (κ3) is 6.04. The molecular formula is C24H28N4O2. The Labute approximate surface area is 177 Å². The zero-order valence-electron chi connectivity index (χ0n) is 17.2. The lowest BCUT2D eigenvalue weighted by Gasteiger charge is -2.13. The van der Waals surface area contributed by atoms with Crippen LogP contribution in [0.2, 0.25) is 0 Å². The van der Waals surface area contributed by atoms with Gasteiger partial charge < -0.3 is 16.4 Å². The van der Waals surface area contributed by atoms with Crippen molar-refractivity contribution >= 4 is 29.0 Å². The van der Waals surface area contributed by atoms with Crippen LogP contribution < -0.4 is 16.4 Å². The highest BCUT2D eigenvalue weighted by molar-refractivity contribution is 6.06. The van der Waals surface area contributed by atoms with E-state index in [9.17, 15) is 9.59 Å². The Kier molecular flexibility index (Phi) is 7.38. The monoisotopic (exact) mass is 404 g/mol. The van der Waals surface area contributed by atoms with Crippen molar-refractivity contribution < 1.29 is 9.59 Å². The van der Waals surface area contributed by atoms with Crippen molar-refractivity contribution in [2.45, 2.75) is 32.6 Å². The maximum Gasteiger partial charge on any atom is 0.253 e. The zero-order chi connectivity index (χ0) is 21.3. The van der Waals surface area contributed by atoms with E-state index in [0.29, 0.717) is 6.54 Å². The Morgan fingerprint density at radius 1 is 1.23 bits per heavy atom. The molecule has 1 aliphatic heterocycles. The molecule has 0 aliphatic carbocycles. The third-order valence-corrected chi connectivity index (χ3v) is 4.97. The maximum absolute atomic E-state index is 12.3. The highest BCUT2D eigenvalue weighted by atomic mass is 16.2. The second-order valence-corrected chi connectivity index (χ2v) is 7.43. The maximum atomic E-state index is 12.3. The molecule has 1 heterocycles. The molecule has 6 nitrogen and oxygen atoms in total. The molecule has 0 saturated carbocycles. The molecule has 6 heteroatoms. The first kappa shape index (κ1) is 21.3. The summed E-state index contributed by atoms with van der Waals surface area (Å²) in [6, 6.07) is 18.0. The number of hydrogen-bond acceptors (Lipinski definition) is 3. The molecule has 2 amide bonds. The van der Waals surface area contributed by atoms with E-state index in [0.717, 1.165) is 36.2 Å². The predicted octanol–water partition coefficient (Wildman–Crippen LogP) is 3.50. The minimum Gasteiger partial charge on any atom is -0.384 e. The highest BCUT2D eigenvalue weighted by Crippen LogP contribution is 2.21. The van der Waals surface area contributed by atoms with Gasteiger partial charge in [0.25, 0.3) is 5.91 Å². The molecule has 0 radical (unpaired) electrons. The van der Waals surface area contributed by atoms with Crippen molar-refractivity contribution in [3.8, 4) is 0 Å². The average molecular weight is 405 g/mol. The molecule has 2 aromatic carbocycles. The molecule has 4 N–H and O–H groups in total. The summed E-state index contributed by atoms with van der Waals surface area (Å²) in [5.41, 5.74) is 9.98. The van der Waals surface area contributed by atoms with Gasteiger partial charge in [0.2, 0.25) is 5.91 Å². The summed E-state index contributed by atoms with van der Waals surface area (Å²) >= 11 is 0. The molecule has 1 fully saturated rings. The van der Waals surface area contributed by atoms with Crippen LogP contribution in [0.3, 0.4) is 0 Å². The fraction of sp³-hybridized carbons (Fsp3) is 0.292. The van der Waals surface area contributed by atoms with Crippen molar-refractivity contribution in [1.29, 1.82) is 0 Å². The van der Waals surface area contributed by atoms with Gasteiger partial charge >= 0.3 is 0 Å². The van der Waals surface area contributed by atoms with Crippen LogP contribution in [-0.4, -0.2) is 24.2 Å². The molecule has 156 valence electrons. The molecular weight excluding hydrogens is 376 g/mol. The number of nitrogens with two attached hydrogens (primary N) is 1. The molecule has 1 saturated heterocycles. The van der Waals surface area contributed by atoms with Gasteiger partial charge in [-0.1, -0.05) is 49.7 Å². The molecule has 0 unspecified atom stereocenters. The van der Waals surface area contributed by atoms with Gasteiger partial charge in [0.15, 0.2) is 0 Å². The van der Waals surface area contributed by atoms with Crippen LogP contribution in [0.25, 0.3) is 5.70 Å². The van der Waals surface area contributed by atoms with Crippen molar-refractivity contribution in [3.63, 3.8) is 0 Å². The summed E-state index contributed by atoms with van der Waals surface area (Å²) in [6.07, 6.45) is 5.10. The van der Waals surface area contributed by atoms with Crippen LogP contribution in [0.5, 0.6) is 0 Å². The van der Waals surface area contributed by atoms with E-state index in [1.807, 2.05) is 42.5 Å². The Bertz CT molecular complexity index is 951. The number of para-hydroxylation sites is 1. The molecule has 0 bridgehead atoms. The Hall–Kier alpha value is -3.41. The van der Waals surface area contributed by atoms with E-state index in [4.69, 9.17) is 5.73 Å². The summed E-state index contributed by atoms with van der Waals surface area (Å²) in [5, 5.41) is 6.03. The number of unbranched alkanes of at least 4 members (excludes halogenated alkanes) is 1. The van der Waals surface area contributed by atoms with Gasteiger partial charge in [0.1, 0.15) is 5.84 Å². The number of aryl methyl sites for hydroxylation is 1. The number of benzene rings is 2. The van der Waals surface area contributed by atoms with Crippen molar-refractivity contribution in [2.24, 2.45) is 16.6 Å². The Morgan fingerprint density at radius 2 is 2.03 bits per heavy atom. The summed E-state index contributed by atoms with van der Waals surface area (Å²) < 4.78 is 0. The number of nitrogens with zero attached hydrogens (tertiary/aromatic N) is 1. The van der Waals surface area contributed by atoms with Gasteiger partial charge in [-0.25, -0.2) is 0 Å². The number of carbonyl (C=O) groups excluding carboxylic acids is 2. The molecule has 30 heavy (non-hydrogen) atoms. The van der Waals surface area contributed by atoms with Crippen LogP contribution in [0, 0.1) is 5.92 Å². The molecule has 2 aromatic rings. The van der Waals surface area contributed by atoms with E-state index >= 15 is 0 Å². The number of hydrogen-bond donors (Lipinski definition) is 3. The predicted molar refractivity (Wildman–Crippen MR) is 121 cm³/mol. The number of amidine groups is 1. The van der Waals surface area contributed by atoms with Gasteiger partial charge in [-0.05, 0) is 42.2 Å². The third-order valence-electron chi connectivity index (χ3n) is 4.97. The summed E-state index contributed by atoms with van der Waals surface area (Å²) in [4.78, 5) is 27.7.